The molecule has 0 amide bonds. The molecule has 1 aliphatic heterocycles. The maximum absolute atomic E-state index is 5.06. The van der Waals surface area contributed by atoms with Gasteiger partial charge >= 0.3 is 0 Å². The second-order valence-electron chi connectivity index (χ2n) is 3.23. The van der Waals surface area contributed by atoms with Crippen molar-refractivity contribution in [3.8, 4) is 0 Å². The van der Waals surface area contributed by atoms with Crippen molar-refractivity contribution in [3.63, 3.8) is 0 Å². The van der Waals surface area contributed by atoms with E-state index >= 15 is 0 Å². The van der Waals surface area contributed by atoms with Crippen LogP contribution in [0.4, 0.5) is 0 Å². The van der Waals surface area contributed by atoms with Crippen LogP contribution in [0.15, 0.2) is 22.8 Å². The summed E-state index contributed by atoms with van der Waals surface area (Å²) in [5.41, 5.74) is 0. The maximum Gasteiger partial charge on any atom is 0.250 e. The van der Waals surface area contributed by atoms with Crippen LogP contribution in [0.1, 0.15) is 24.6 Å². The van der Waals surface area contributed by atoms with Crippen LogP contribution < -0.4 is 5.32 Å². The molecule has 0 unspecified atom stereocenters. The fourth-order valence-corrected chi connectivity index (χ4v) is 1.20. The molecule has 4 heteroatoms. The standard InChI is InChI=1S/C10H13N3O/c1-2-3-4-5-9-12-10(13-14-9)8-6-11-7-8/h2-5,8,11H,6-7H2,1H3/b3-2+,5-4+. The molecule has 1 fully saturated rings. The molecule has 74 valence electrons. The van der Waals surface area contributed by atoms with Gasteiger partial charge in [-0.1, -0.05) is 23.4 Å². The van der Waals surface area contributed by atoms with Crippen LogP contribution in [0, 0.1) is 0 Å². The van der Waals surface area contributed by atoms with Gasteiger partial charge in [-0.15, -0.1) is 0 Å². The van der Waals surface area contributed by atoms with E-state index in [9.17, 15) is 0 Å². The van der Waals surface area contributed by atoms with Gasteiger partial charge in [0, 0.05) is 25.1 Å². The zero-order valence-corrected chi connectivity index (χ0v) is 8.10. The van der Waals surface area contributed by atoms with Crippen LogP contribution >= 0.6 is 0 Å². The molecule has 0 spiro atoms. The molecule has 0 aromatic carbocycles. The number of aromatic nitrogens is 2. The maximum atomic E-state index is 5.06. The Kier molecular flexibility index (Phi) is 2.74. The van der Waals surface area contributed by atoms with Crippen molar-refractivity contribution in [2.75, 3.05) is 13.1 Å². The van der Waals surface area contributed by atoms with Crippen molar-refractivity contribution in [1.82, 2.24) is 15.5 Å². The average molecular weight is 191 g/mol. The van der Waals surface area contributed by atoms with E-state index in [-0.39, 0.29) is 0 Å². The Morgan fingerprint density at radius 3 is 2.93 bits per heavy atom. The minimum Gasteiger partial charge on any atom is -0.335 e. The van der Waals surface area contributed by atoms with Crippen LogP contribution in [0.2, 0.25) is 0 Å². The zero-order chi connectivity index (χ0) is 9.80. The topological polar surface area (TPSA) is 51.0 Å². The van der Waals surface area contributed by atoms with E-state index in [0.29, 0.717) is 11.8 Å². The molecule has 1 aromatic heterocycles. The molecule has 1 N–H and O–H groups in total. The van der Waals surface area contributed by atoms with E-state index in [0.717, 1.165) is 18.9 Å². The molecule has 1 saturated heterocycles. The predicted molar refractivity (Wildman–Crippen MR) is 53.8 cm³/mol. The molecule has 0 saturated carbocycles. The molecular formula is C10H13N3O. The van der Waals surface area contributed by atoms with E-state index in [1.807, 2.05) is 31.2 Å². The Bertz CT molecular complexity index is 350. The van der Waals surface area contributed by atoms with Crippen LogP contribution in [-0.4, -0.2) is 23.2 Å². The number of rotatable bonds is 3. The third-order valence-electron chi connectivity index (χ3n) is 2.15. The predicted octanol–water partition coefficient (Wildman–Crippen LogP) is 1.35. The third kappa shape index (κ3) is 1.90. The van der Waals surface area contributed by atoms with Crippen molar-refractivity contribution in [1.29, 1.82) is 0 Å². The first-order valence-corrected chi connectivity index (χ1v) is 4.74. The Morgan fingerprint density at radius 1 is 1.43 bits per heavy atom. The van der Waals surface area contributed by atoms with Crippen LogP contribution in [0.3, 0.4) is 0 Å². The summed E-state index contributed by atoms with van der Waals surface area (Å²) in [7, 11) is 0. The van der Waals surface area contributed by atoms with E-state index in [2.05, 4.69) is 15.5 Å². The molecule has 2 rings (SSSR count). The lowest BCUT2D eigenvalue weighted by Crippen LogP contribution is -2.40. The number of nitrogens with zero attached hydrogens (tertiary/aromatic N) is 2. The van der Waals surface area contributed by atoms with Crippen LogP contribution in [0.5, 0.6) is 0 Å². The lowest BCUT2D eigenvalue weighted by Gasteiger charge is -2.23. The quantitative estimate of drug-likeness (QED) is 0.732. The molecule has 0 bridgehead atoms. The first-order chi connectivity index (χ1) is 6.90. The summed E-state index contributed by atoms with van der Waals surface area (Å²) >= 11 is 0. The molecule has 2 heterocycles. The summed E-state index contributed by atoms with van der Waals surface area (Å²) in [6.07, 6.45) is 7.57. The van der Waals surface area contributed by atoms with Gasteiger partial charge in [0.2, 0.25) is 0 Å². The van der Waals surface area contributed by atoms with Gasteiger partial charge in [0.05, 0.1) is 0 Å². The van der Waals surface area contributed by atoms with Gasteiger partial charge < -0.3 is 9.84 Å². The summed E-state index contributed by atoms with van der Waals surface area (Å²) in [4.78, 5) is 4.27. The van der Waals surface area contributed by atoms with Gasteiger partial charge in [0.1, 0.15) is 0 Å². The smallest absolute Gasteiger partial charge is 0.250 e. The van der Waals surface area contributed by atoms with E-state index in [4.69, 9.17) is 4.52 Å². The fourth-order valence-electron chi connectivity index (χ4n) is 1.20. The highest BCUT2D eigenvalue weighted by molar-refractivity contribution is 5.40. The SMILES string of the molecule is C/C=C/C=C/c1nc(C2CNC2)no1. The van der Waals surface area contributed by atoms with Crippen molar-refractivity contribution in [2.45, 2.75) is 12.8 Å². The van der Waals surface area contributed by atoms with E-state index < -0.39 is 0 Å². The molecule has 1 aromatic rings. The summed E-state index contributed by atoms with van der Waals surface area (Å²) in [6.45, 7) is 3.87. The highest BCUT2D eigenvalue weighted by atomic mass is 16.5. The van der Waals surface area contributed by atoms with Crippen molar-refractivity contribution < 1.29 is 4.52 Å². The second-order valence-corrected chi connectivity index (χ2v) is 3.23. The van der Waals surface area contributed by atoms with E-state index in [1.165, 1.54) is 0 Å². The highest BCUT2D eigenvalue weighted by Crippen LogP contribution is 2.16. The third-order valence-corrected chi connectivity index (χ3v) is 2.15. The molecule has 0 radical (unpaired) electrons. The van der Waals surface area contributed by atoms with E-state index in [1.54, 1.807) is 0 Å². The summed E-state index contributed by atoms with van der Waals surface area (Å²) in [6, 6.07) is 0. The van der Waals surface area contributed by atoms with Gasteiger partial charge in [-0.25, -0.2) is 0 Å². The normalized spacial score (nSPS) is 18.1. The molecule has 4 nitrogen and oxygen atoms in total. The number of allylic oxidation sites excluding steroid dienone is 3. The molecular weight excluding hydrogens is 178 g/mol. The van der Waals surface area contributed by atoms with Gasteiger partial charge in [-0.3, -0.25) is 0 Å². The average Bonchev–Trinajstić information content (AvgIpc) is 2.51. The minimum absolute atomic E-state index is 0.433. The lowest BCUT2D eigenvalue weighted by atomic mass is 10.0. The van der Waals surface area contributed by atoms with Crippen molar-refractivity contribution in [2.24, 2.45) is 0 Å². The van der Waals surface area contributed by atoms with Gasteiger partial charge in [0.15, 0.2) is 5.82 Å². The van der Waals surface area contributed by atoms with Crippen LogP contribution in [-0.2, 0) is 0 Å². The summed E-state index contributed by atoms with van der Waals surface area (Å²) in [5, 5.41) is 7.09. The Hall–Kier alpha value is -1.42. The van der Waals surface area contributed by atoms with Crippen LogP contribution in [0.25, 0.3) is 6.08 Å². The number of nitrogens with one attached hydrogen (secondary N) is 1. The second kappa shape index (κ2) is 4.19. The largest absolute Gasteiger partial charge is 0.335 e. The monoisotopic (exact) mass is 191 g/mol. The van der Waals surface area contributed by atoms with Gasteiger partial charge in [-0.05, 0) is 6.92 Å². The number of hydrogen-bond acceptors (Lipinski definition) is 4. The minimum atomic E-state index is 0.433. The molecule has 0 aliphatic carbocycles. The Labute approximate surface area is 82.7 Å². The lowest BCUT2D eigenvalue weighted by molar-refractivity contribution is 0.373. The molecule has 0 atom stereocenters. The summed E-state index contributed by atoms with van der Waals surface area (Å²) < 4.78 is 5.06. The summed E-state index contributed by atoms with van der Waals surface area (Å²) in [5.74, 6) is 1.82. The Morgan fingerprint density at radius 2 is 2.29 bits per heavy atom. The van der Waals surface area contributed by atoms with Crippen molar-refractivity contribution in [3.05, 3.63) is 29.9 Å². The molecule has 1 aliphatic rings. The fraction of sp³-hybridized carbons (Fsp3) is 0.400. The zero-order valence-electron chi connectivity index (χ0n) is 8.10. The van der Waals surface area contributed by atoms with Crippen molar-refractivity contribution >= 4 is 6.08 Å². The molecule has 14 heavy (non-hydrogen) atoms. The Balaban J connectivity index is 2.01. The van der Waals surface area contributed by atoms with Gasteiger partial charge in [-0.2, -0.15) is 4.98 Å². The van der Waals surface area contributed by atoms with Gasteiger partial charge in [0.25, 0.3) is 5.89 Å². The highest BCUT2D eigenvalue weighted by Gasteiger charge is 2.23. The first kappa shape index (κ1) is 9.15. The number of hydrogen-bond donors (Lipinski definition) is 1. The first-order valence-electron chi connectivity index (χ1n) is 4.74.